The lowest BCUT2D eigenvalue weighted by atomic mass is 10.1. The highest BCUT2D eigenvalue weighted by molar-refractivity contribution is 6.07. The van der Waals surface area contributed by atoms with Crippen LogP contribution in [-0.4, -0.2) is 10.9 Å². The second kappa shape index (κ2) is 3.01. The largest absolute Gasteiger partial charge is 0.508 e. The number of carbonyl (C=O) groups is 1. The number of ketones is 1. The van der Waals surface area contributed by atoms with E-state index in [1.54, 1.807) is 0 Å². The van der Waals surface area contributed by atoms with Gasteiger partial charge in [0, 0.05) is 6.07 Å². The van der Waals surface area contributed by atoms with Gasteiger partial charge in [0.2, 0.25) is 0 Å². The summed E-state index contributed by atoms with van der Waals surface area (Å²) in [5.41, 5.74) is -0.324. The molecule has 12 heavy (non-hydrogen) atoms. The molecule has 1 N–H and O–H groups in total. The van der Waals surface area contributed by atoms with Gasteiger partial charge in [-0.05, 0) is 12.1 Å². The molecule has 0 fully saturated rings. The number of carbonyl (C=O) groups excluding carboxylic acids is 1. The van der Waals surface area contributed by atoms with Crippen molar-refractivity contribution in [1.29, 1.82) is 5.26 Å². The molecule has 0 bridgehead atoms. The first-order valence-electron chi connectivity index (χ1n) is 3.08. The van der Waals surface area contributed by atoms with Crippen molar-refractivity contribution in [3.63, 3.8) is 0 Å². The first-order chi connectivity index (χ1) is 5.65. The maximum absolute atomic E-state index is 12.8. The van der Waals surface area contributed by atoms with E-state index in [0.717, 1.165) is 18.2 Å². The standard InChI is InChI=1S/C8H4FNO2/c9-7-3-5(11)1-2-6(7)8(12)4-10/h1-3,11H. The predicted octanol–water partition coefficient (Wildman–Crippen LogP) is 1.24. The van der Waals surface area contributed by atoms with E-state index in [1.807, 2.05) is 0 Å². The van der Waals surface area contributed by atoms with Crippen LogP contribution in [0.15, 0.2) is 18.2 Å². The van der Waals surface area contributed by atoms with Gasteiger partial charge in [-0.2, -0.15) is 5.26 Å². The van der Waals surface area contributed by atoms with Gasteiger partial charge >= 0.3 is 0 Å². The normalized spacial score (nSPS) is 9.00. The molecule has 0 aromatic heterocycles. The van der Waals surface area contributed by atoms with Crippen molar-refractivity contribution < 1.29 is 14.3 Å². The van der Waals surface area contributed by atoms with Gasteiger partial charge in [-0.15, -0.1) is 0 Å². The molecule has 0 atom stereocenters. The summed E-state index contributed by atoms with van der Waals surface area (Å²) in [4.78, 5) is 10.7. The Labute approximate surface area is 67.7 Å². The van der Waals surface area contributed by atoms with Gasteiger partial charge in [0.1, 0.15) is 17.6 Å². The zero-order chi connectivity index (χ0) is 9.14. The molecule has 0 amide bonds. The number of hydrogen-bond acceptors (Lipinski definition) is 3. The van der Waals surface area contributed by atoms with Crippen LogP contribution in [0.5, 0.6) is 5.75 Å². The number of benzene rings is 1. The van der Waals surface area contributed by atoms with E-state index in [9.17, 15) is 9.18 Å². The highest BCUT2D eigenvalue weighted by Gasteiger charge is 2.10. The second-order valence-electron chi connectivity index (χ2n) is 2.11. The molecular weight excluding hydrogens is 161 g/mol. The Morgan fingerprint density at radius 3 is 2.75 bits per heavy atom. The third-order valence-electron chi connectivity index (χ3n) is 1.30. The maximum Gasteiger partial charge on any atom is 0.265 e. The van der Waals surface area contributed by atoms with Crippen molar-refractivity contribution in [2.75, 3.05) is 0 Å². The summed E-state index contributed by atoms with van der Waals surface area (Å²) in [5, 5.41) is 16.9. The molecule has 0 spiro atoms. The number of Topliss-reactive ketones (excluding diaryl/α,β-unsaturated/α-hetero) is 1. The molecule has 0 heterocycles. The summed E-state index contributed by atoms with van der Waals surface area (Å²) >= 11 is 0. The van der Waals surface area contributed by atoms with Crippen LogP contribution in [0.4, 0.5) is 4.39 Å². The monoisotopic (exact) mass is 165 g/mol. The number of halogens is 1. The molecule has 1 aromatic carbocycles. The van der Waals surface area contributed by atoms with Crippen molar-refractivity contribution in [3.05, 3.63) is 29.6 Å². The molecule has 0 saturated carbocycles. The molecule has 60 valence electrons. The number of hydrogen-bond donors (Lipinski definition) is 1. The minimum atomic E-state index is -0.951. The summed E-state index contributed by atoms with van der Waals surface area (Å²) in [6.07, 6.45) is 0. The van der Waals surface area contributed by atoms with Crippen molar-refractivity contribution in [2.45, 2.75) is 0 Å². The number of phenolic OH excluding ortho intramolecular Hbond substituents is 1. The fraction of sp³-hybridized carbons (Fsp3) is 0. The molecule has 1 rings (SSSR count). The third-order valence-corrected chi connectivity index (χ3v) is 1.30. The van der Waals surface area contributed by atoms with E-state index in [1.165, 1.54) is 6.07 Å². The lowest BCUT2D eigenvalue weighted by molar-refractivity contribution is 0.105. The Balaban J connectivity index is 3.20. The van der Waals surface area contributed by atoms with Crippen LogP contribution >= 0.6 is 0 Å². The molecule has 4 heteroatoms. The zero-order valence-corrected chi connectivity index (χ0v) is 5.91. The van der Waals surface area contributed by atoms with Crippen LogP contribution in [0.25, 0.3) is 0 Å². The van der Waals surface area contributed by atoms with E-state index in [4.69, 9.17) is 10.4 Å². The number of nitrogens with zero attached hydrogens (tertiary/aromatic N) is 1. The van der Waals surface area contributed by atoms with Crippen LogP contribution in [0.1, 0.15) is 10.4 Å². The Bertz CT molecular complexity index is 368. The molecule has 0 unspecified atom stereocenters. The first kappa shape index (κ1) is 8.21. The minimum Gasteiger partial charge on any atom is -0.508 e. The summed E-state index contributed by atoms with van der Waals surface area (Å²) in [6.45, 7) is 0. The molecule has 0 radical (unpaired) electrons. The smallest absolute Gasteiger partial charge is 0.265 e. The first-order valence-corrected chi connectivity index (χ1v) is 3.08. The van der Waals surface area contributed by atoms with E-state index >= 15 is 0 Å². The van der Waals surface area contributed by atoms with Crippen molar-refractivity contribution in [1.82, 2.24) is 0 Å². The SMILES string of the molecule is N#CC(=O)c1ccc(O)cc1F. The van der Waals surface area contributed by atoms with E-state index in [2.05, 4.69) is 0 Å². The third kappa shape index (κ3) is 1.40. The van der Waals surface area contributed by atoms with Gasteiger partial charge in [-0.25, -0.2) is 4.39 Å². The fourth-order valence-corrected chi connectivity index (χ4v) is 0.748. The molecule has 0 aliphatic heterocycles. The van der Waals surface area contributed by atoms with Gasteiger partial charge in [0.15, 0.2) is 0 Å². The lowest BCUT2D eigenvalue weighted by Gasteiger charge is -1.95. The molecule has 3 nitrogen and oxygen atoms in total. The van der Waals surface area contributed by atoms with Gasteiger partial charge in [0.05, 0.1) is 5.56 Å². The summed E-state index contributed by atoms with van der Waals surface area (Å²) in [7, 11) is 0. The Hall–Kier alpha value is -1.89. The molecule has 0 aliphatic carbocycles. The lowest BCUT2D eigenvalue weighted by Crippen LogP contribution is -1.97. The molecule has 0 aliphatic rings. The summed E-state index contributed by atoms with van der Waals surface area (Å²) in [5.74, 6) is -2.11. The van der Waals surface area contributed by atoms with Crippen molar-refractivity contribution in [2.24, 2.45) is 0 Å². The number of nitriles is 1. The summed E-state index contributed by atoms with van der Waals surface area (Å²) < 4.78 is 12.8. The molecule has 0 saturated heterocycles. The molecular formula is C8H4FNO2. The number of phenols is 1. The number of aromatic hydroxyl groups is 1. The van der Waals surface area contributed by atoms with Crippen LogP contribution in [-0.2, 0) is 0 Å². The van der Waals surface area contributed by atoms with Crippen molar-refractivity contribution in [3.8, 4) is 11.8 Å². The maximum atomic E-state index is 12.8. The quantitative estimate of drug-likeness (QED) is 0.503. The summed E-state index contributed by atoms with van der Waals surface area (Å²) in [6, 6.07) is 4.28. The van der Waals surface area contributed by atoms with Crippen LogP contribution < -0.4 is 0 Å². The van der Waals surface area contributed by atoms with Crippen molar-refractivity contribution >= 4 is 5.78 Å². The molecule has 1 aromatic rings. The minimum absolute atomic E-state index is 0.276. The second-order valence-corrected chi connectivity index (χ2v) is 2.11. The number of rotatable bonds is 1. The van der Waals surface area contributed by atoms with Crippen LogP contribution in [0.2, 0.25) is 0 Å². The van der Waals surface area contributed by atoms with E-state index in [-0.39, 0.29) is 11.3 Å². The van der Waals surface area contributed by atoms with E-state index < -0.39 is 11.6 Å². The van der Waals surface area contributed by atoms with Gasteiger partial charge in [-0.3, -0.25) is 4.79 Å². The fourth-order valence-electron chi connectivity index (χ4n) is 0.748. The Kier molecular flexibility index (Phi) is 2.06. The Morgan fingerprint density at radius 2 is 2.25 bits per heavy atom. The van der Waals surface area contributed by atoms with Crippen LogP contribution in [0.3, 0.4) is 0 Å². The highest BCUT2D eigenvalue weighted by atomic mass is 19.1. The highest BCUT2D eigenvalue weighted by Crippen LogP contribution is 2.14. The average Bonchev–Trinajstić information content (AvgIpc) is 2.03. The zero-order valence-electron chi connectivity index (χ0n) is 5.91. The van der Waals surface area contributed by atoms with Gasteiger partial charge in [-0.1, -0.05) is 0 Å². The van der Waals surface area contributed by atoms with Gasteiger partial charge < -0.3 is 5.11 Å². The Morgan fingerprint density at radius 1 is 1.58 bits per heavy atom. The average molecular weight is 165 g/mol. The predicted molar refractivity (Wildman–Crippen MR) is 38.0 cm³/mol. The topological polar surface area (TPSA) is 61.1 Å². The van der Waals surface area contributed by atoms with Gasteiger partial charge in [0.25, 0.3) is 5.78 Å². The van der Waals surface area contributed by atoms with E-state index in [0.29, 0.717) is 0 Å². The van der Waals surface area contributed by atoms with Crippen LogP contribution in [0, 0.1) is 17.1 Å².